The van der Waals surface area contributed by atoms with E-state index in [1.807, 2.05) is 6.07 Å². The molecule has 0 saturated heterocycles. The number of nitrogens with two attached hydrogens (primary N) is 2. The van der Waals surface area contributed by atoms with Crippen molar-refractivity contribution in [1.29, 1.82) is 0 Å². The summed E-state index contributed by atoms with van der Waals surface area (Å²) in [6.07, 6.45) is 9.75. The topological polar surface area (TPSA) is 126 Å². The molecule has 5 aromatic carbocycles. The number of hydrogen-bond acceptors (Lipinski definition) is 10. The van der Waals surface area contributed by atoms with E-state index in [4.69, 9.17) is 49.4 Å². The van der Waals surface area contributed by atoms with Crippen LogP contribution < -0.4 is 39.9 Å². The lowest BCUT2D eigenvalue weighted by atomic mass is 9.91. The fourth-order valence-electron chi connectivity index (χ4n) is 8.96. The number of fused-ring (bicyclic) bond motifs is 12. The summed E-state index contributed by atoms with van der Waals surface area (Å²) < 4.78 is 52.0. The molecule has 2 heterocycles. The number of benzene rings is 5. The van der Waals surface area contributed by atoms with Crippen LogP contribution in [0.15, 0.2) is 91.0 Å². The van der Waals surface area contributed by atoms with E-state index in [0.717, 1.165) is 98.9 Å². The molecular weight excluding hydrogens is 829 g/mol. The molecule has 4 N–H and O–H groups in total. The molecule has 0 spiro atoms. The fourth-order valence-corrected chi connectivity index (χ4v) is 8.96. The Hall–Kier alpha value is -5.26. The fraction of sp³-hybridized carbons (Fsp3) is 0.464. The predicted octanol–water partition coefficient (Wildman–Crippen LogP) is 9.84. The second-order valence-electron chi connectivity index (χ2n) is 17.3. The minimum atomic E-state index is 0.362. The third-order valence-corrected chi connectivity index (χ3v) is 12.4. The first-order valence-electron chi connectivity index (χ1n) is 24.5. The van der Waals surface area contributed by atoms with Gasteiger partial charge in [-0.2, -0.15) is 0 Å². The highest BCUT2D eigenvalue weighted by Gasteiger charge is 2.22. The molecule has 10 nitrogen and oxygen atoms in total. The molecule has 66 heavy (non-hydrogen) atoms. The van der Waals surface area contributed by atoms with Gasteiger partial charge in [0.15, 0.2) is 11.5 Å². The molecule has 1 aliphatic carbocycles. The van der Waals surface area contributed by atoms with Crippen LogP contribution in [0, 0.1) is 5.92 Å². The average molecular weight is 901 g/mol. The van der Waals surface area contributed by atoms with Crippen molar-refractivity contribution in [3.8, 4) is 34.5 Å². The van der Waals surface area contributed by atoms with E-state index in [0.29, 0.717) is 117 Å². The molecular formula is C56H72N2O8. The number of unbranched alkanes of at least 4 members (excludes halogenated alkanes) is 1. The van der Waals surface area contributed by atoms with E-state index in [1.54, 1.807) is 0 Å². The lowest BCUT2D eigenvalue weighted by Gasteiger charge is -2.23. The highest BCUT2D eigenvalue weighted by Crippen LogP contribution is 2.39. The van der Waals surface area contributed by atoms with Crippen molar-refractivity contribution in [1.82, 2.24) is 0 Å². The Morgan fingerprint density at radius 2 is 0.909 bits per heavy atom. The van der Waals surface area contributed by atoms with Crippen LogP contribution in [0.25, 0.3) is 0 Å². The Kier molecular flexibility index (Phi) is 19.3. The molecule has 3 aliphatic rings. The quantitative estimate of drug-likeness (QED) is 0.0807. The van der Waals surface area contributed by atoms with Gasteiger partial charge in [-0.05, 0) is 100 Å². The van der Waals surface area contributed by atoms with Crippen molar-refractivity contribution < 1.29 is 37.9 Å². The van der Waals surface area contributed by atoms with Crippen molar-refractivity contribution in [2.24, 2.45) is 17.4 Å². The zero-order chi connectivity index (χ0) is 45.8. The third-order valence-electron chi connectivity index (χ3n) is 12.4. The second-order valence-corrected chi connectivity index (χ2v) is 17.3. The molecule has 0 fully saturated rings. The van der Waals surface area contributed by atoms with E-state index in [1.165, 1.54) is 24.8 Å². The predicted molar refractivity (Wildman–Crippen MR) is 262 cm³/mol. The smallest absolute Gasteiger partial charge is 0.161 e. The van der Waals surface area contributed by atoms with E-state index in [-0.39, 0.29) is 0 Å². The molecule has 2 aliphatic heterocycles. The summed E-state index contributed by atoms with van der Waals surface area (Å²) in [6.45, 7) is 9.71. The SMILES string of the molecule is CCCCC(CC)Cc1ccc2c(c1)OCCOCCOc1c3cccc1Cc1cccc(c1OCCCN)Cc1cccc(c1OCCOCCO2)Cc1cccc(c1OCCCN)C3. The highest BCUT2D eigenvalue weighted by atomic mass is 16.6. The monoisotopic (exact) mass is 901 g/mol. The average Bonchev–Trinajstić information content (AvgIpc) is 3.32. The van der Waals surface area contributed by atoms with Gasteiger partial charge >= 0.3 is 0 Å². The maximum Gasteiger partial charge on any atom is 0.161 e. The van der Waals surface area contributed by atoms with Crippen molar-refractivity contribution >= 4 is 0 Å². The number of hydrogen-bond donors (Lipinski definition) is 2. The van der Waals surface area contributed by atoms with Gasteiger partial charge in [-0.25, -0.2) is 0 Å². The summed E-state index contributed by atoms with van der Waals surface area (Å²) in [4.78, 5) is 0. The largest absolute Gasteiger partial charge is 0.493 e. The lowest BCUT2D eigenvalue weighted by molar-refractivity contribution is 0.0695. The first kappa shape index (κ1) is 48.7. The zero-order valence-electron chi connectivity index (χ0n) is 39.4. The van der Waals surface area contributed by atoms with Crippen molar-refractivity contribution in [2.45, 2.75) is 84.5 Å². The molecule has 10 bridgehead atoms. The zero-order valence-corrected chi connectivity index (χ0v) is 39.4. The number of para-hydroxylation sites is 4. The van der Waals surface area contributed by atoms with Gasteiger partial charge in [0, 0.05) is 25.7 Å². The van der Waals surface area contributed by atoms with E-state index >= 15 is 0 Å². The van der Waals surface area contributed by atoms with Gasteiger partial charge in [0.2, 0.25) is 0 Å². The van der Waals surface area contributed by atoms with E-state index in [2.05, 4.69) is 98.8 Å². The molecule has 10 heteroatoms. The molecule has 0 amide bonds. The Balaban J connectivity index is 1.26. The molecule has 1 unspecified atom stereocenters. The van der Waals surface area contributed by atoms with Crippen LogP contribution in [0.2, 0.25) is 0 Å². The molecule has 0 aromatic heterocycles. The minimum Gasteiger partial charge on any atom is -0.493 e. The van der Waals surface area contributed by atoms with Crippen molar-refractivity contribution in [2.75, 3.05) is 79.2 Å². The van der Waals surface area contributed by atoms with Crippen LogP contribution in [0.4, 0.5) is 0 Å². The van der Waals surface area contributed by atoms with E-state index in [9.17, 15) is 0 Å². The van der Waals surface area contributed by atoms with Gasteiger partial charge in [-0.3, -0.25) is 0 Å². The maximum atomic E-state index is 6.81. The van der Waals surface area contributed by atoms with Crippen LogP contribution in [-0.4, -0.2) is 79.2 Å². The Labute approximate surface area is 393 Å². The molecule has 8 rings (SSSR count). The van der Waals surface area contributed by atoms with Gasteiger partial charge < -0.3 is 49.4 Å². The van der Waals surface area contributed by atoms with Crippen LogP contribution in [-0.2, 0) is 41.6 Å². The first-order chi connectivity index (χ1) is 32.6. The molecule has 1 atom stereocenters. The molecule has 5 aromatic rings. The number of rotatable bonds is 14. The van der Waals surface area contributed by atoms with Gasteiger partial charge in [0.1, 0.15) is 49.4 Å². The Morgan fingerprint density at radius 1 is 0.485 bits per heavy atom. The molecule has 0 radical (unpaired) electrons. The van der Waals surface area contributed by atoms with Gasteiger partial charge in [-0.15, -0.1) is 0 Å². The van der Waals surface area contributed by atoms with Gasteiger partial charge in [0.25, 0.3) is 0 Å². The van der Waals surface area contributed by atoms with E-state index < -0.39 is 0 Å². The molecule has 0 saturated carbocycles. The first-order valence-corrected chi connectivity index (χ1v) is 24.5. The normalized spacial score (nSPS) is 15.2. The lowest BCUT2D eigenvalue weighted by Crippen LogP contribution is -2.15. The summed E-state index contributed by atoms with van der Waals surface area (Å²) in [5.74, 6) is 5.50. The van der Waals surface area contributed by atoms with Crippen LogP contribution in [0.3, 0.4) is 0 Å². The van der Waals surface area contributed by atoms with Gasteiger partial charge in [0.05, 0.1) is 39.6 Å². The van der Waals surface area contributed by atoms with Crippen LogP contribution >= 0.6 is 0 Å². The van der Waals surface area contributed by atoms with Crippen molar-refractivity contribution in [3.05, 3.63) is 141 Å². The summed E-state index contributed by atoms with van der Waals surface area (Å²) in [6, 6.07) is 32.1. The maximum absolute atomic E-state index is 6.81. The number of ether oxygens (including phenoxy) is 8. The third kappa shape index (κ3) is 13.7. The summed E-state index contributed by atoms with van der Waals surface area (Å²) in [5, 5.41) is 0. The van der Waals surface area contributed by atoms with Crippen LogP contribution in [0.1, 0.15) is 102 Å². The summed E-state index contributed by atoms with van der Waals surface area (Å²) in [7, 11) is 0. The second kappa shape index (κ2) is 26.2. The summed E-state index contributed by atoms with van der Waals surface area (Å²) >= 11 is 0. The standard InChI is InChI=1S/C56H72N2O8/c1-3-5-12-41(4-2)35-42-21-22-51-52(36-42)62-32-28-60-30-34-66-56-49-19-9-20-50(56)40-46-16-7-14-44(54(46)64-26-11-24-58)38-48-18-8-17-47(55(48)65-33-29-59-27-31-61-51)37-43-13-6-15-45(39-49)53(43)63-25-10-23-57/h6-9,13-22,36,41H,3-5,10-12,23-35,37-40,57-58H2,1-2H3. The van der Waals surface area contributed by atoms with Gasteiger partial charge in [-0.1, -0.05) is 118 Å². The minimum absolute atomic E-state index is 0.362. The highest BCUT2D eigenvalue weighted by molar-refractivity contribution is 5.56. The Morgan fingerprint density at radius 3 is 1.33 bits per heavy atom. The summed E-state index contributed by atoms with van der Waals surface area (Å²) in [5.41, 5.74) is 21.8. The molecule has 354 valence electrons. The van der Waals surface area contributed by atoms with Crippen LogP contribution in [0.5, 0.6) is 34.5 Å². The Bertz CT molecular complexity index is 2160. The van der Waals surface area contributed by atoms with Crippen molar-refractivity contribution in [3.63, 3.8) is 0 Å².